The summed E-state index contributed by atoms with van der Waals surface area (Å²) >= 11 is 0. The minimum atomic E-state index is -0.457. The average Bonchev–Trinajstić information content (AvgIpc) is 2.60. The molecule has 0 amide bonds. The van der Waals surface area contributed by atoms with Gasteiger partial charge in [-0.25, -0.2) is 4.79 Å². The van der Waals surface area contributed by atoms with Crippen LogP contribution >= 0.6 is 0 Å². The third-order valence-corrected chi connectivity index (χ3v) is 3.97. The Morgan fingerprint density at radius 3 is 2.38 bits per heavy atom. The Morgan fingerprint density at radius 2 is 1.75 bits per heavy atom. The second kappa shape index (κ2) is 6.20. The van der Waals surface area contributed by atoms with Crippen LogP contribution in [0.4, 0.5) is 0 Å². The second-order valence-electron chi connectivity index (χ2n) is 5.41. The van der Waals surface area contributed by atoms with Gasteiger partial charge >= 0.3 is 5.97 Å². The van der Waals surface area contributed by atoms with Crippen molar-refractivity contribution in [1.82, 2.24) is 4.57 Å². The Labute approximate surface area is 139 Å². The molecular formula is C19H17NO4. The smallest absolute Gasteiger partial charge is 0.355 e. The van der Waals surface area contributed by atoms with Crippen molar-refractivity contribution in [2.45, 2.75) is 0 Å². The zero-order chi connectivity index (χ0) is 17.3. The highest BCUT2D eigenvalue weighted by Crippen LogP contribution is 2.37. The molecule has 1 aliphatic carbocycles. The number of carbonyl (C=O) groups is 1. The Morgan fingerprint density at radius 1 is 1.04 bits per heavy atom. The number of aryl methyl sites for hydroxylation is 1. The molecular weight excluding hydrogens is 306 g/mol. The lowest BCUT2D eigenvalue weighted by Gasteiger charge is -2.20. The molecule has 1 aliphatic heterocycles. The van der Waals surface area contributed by atoms with Crippen LogP contribution in [0.5, 0.6) is 5.75 Å². The zero-order valence-corrected chi connectivity index (χ0v) is 13.7. The average molecular weight is 323 g/mol. The van der Waals surface area contributed by atoms with Crippen molar-refractivity contribution in [1.29, 1.82) is 0 Å². The molecule has 5 heteroatoms. The minimum Gasteiger partial charge on any atom is -0.493 e. The van der Waals surface area contributed by atoms with E-state index >= 15 is 0 Å². The molecule has 122 valence electrons. The number of rotatable bonds is 3. The number of hydrogen-bond acceptors (Lipinski definition) is 4. The lowest BCUT2D eigenvalue weighted by atomic mass is 9.92. The Balaban J connectivity index is 2.46. The maximum Gasteiger partial charge on any atom is 0.355 e. The summed E-state index contributed by atoms with van der Waals surface area (Å²) in [5.74, 6) is -0.186. The number of hydrogen-bond donors (Lipinski definition) is 0. The molecule has 0 spiro atoms. The van der Waals surface area contributed by atoms with Crippen molar-refractivity contribution in [3.63, 3.8) is 0 Å². The van der Waals surface area contributed by atoms with Gasteiger partial charge in [0.15, 0.2) is 5.75 Å². The van der Waals surface area contributed by atoms with Crippen LogP contribution in [0.2, 0.25) is 0 Å². The van der Waals surface area contributed by atoms with E-state index in [0.29, 0.717) is 16.8 Å². The van der Waals surface area contributed by atoms with Crippen molar-refractivity contribution in [3.8, 4) is 28.0 Å². The molecule has 1 heterocycles. The van der Waals surface area contributed by atoms with Crippen LogP contribution in [-0.4, -0.2) is 24.8 Å². The first-order valence-corrected chi connectivity index (χ1v) is 7.42. The number of benzene rings is 2. The molecule has 5 nitrogen and oxygen atoms in total. The van der Waals surface area contributed by atoms with Gasteiger partial charge in [-0.15, -0.1) is 0 Å². The summed E-state index contributed by atoms with van der Waals surface area (Å²) in [5.41, 5.74) is 3.16. The van der Waals surface area contributed by atoms with E-state index in [1.54, 1.807) is 23.9 Å². The van der Waals surface area contributed by atoms with Crippen LogP contribution in [0.25, 0.3) is 22.3 Å². The molecule has 0 N–H and O–H groups in total. The highest BCUT2D eigenvalue weighted by Gasteiger charge is 2.23. The minimum absolute atomic E-state index is 0.230. The topological polar surface area (TPSA) is 57.5 Å². The van der Waals surface area contributed by atoms with Crippen LogP contribution in [-0.2, 0) is 11.8 Å². The molecule has 0 bridgehead atoms. The molecule has 0 radical (unpaired) electrons. The van der Waals surface area contributed by atoms with E-state index in [0.717, 1.165) is 11.1 Å². The lowest BCUT2D eigenvalue weighted by molar-refractivity contribution is 0.0590. The number of fused-ring (bicyclic) bond motifs is 1. The van der Waals surface area contributed by atoms with Crippen molar-refractivity contribution in [2.75, 3.05) is 14.2 Å². The summed E-state index contributed by atoms with van der Waals surface area (Å²) < 4.78 is 11.8. The summed E-state index contributed by atoms with van der Waals surface area (Å²) in [6, 6.07) is 12.7. The number of carbonyl (C=O) groups excluding carboxylic acids is 1. The number of pyridine rings is 1. The molecule has 0 fully saturated rings. The van der Waals surface area contributed by atoms with Crippen LogP contribution in [0.1, 0.15) is 10.5 Å². The number of methoxy groups -OCH3 is 2. The first-order valence-electron chi connectivity index (χ1n) is 7.42. The predicted octanol–water partition coefficient (Wildman–Crippen LogP) is 2.95. The highest BCUT2D eigenvalue weighted by molar-refractivity contribution is 6.01. The zero-order valence-electron chi connectivity index (χ0n) is 13.7. The molecule has 0 atom stereocenters. The molecule has 2 aliphatic rings. The van der Waals surface area contributed by atoms with Gasteiger partial charge in [-0.1, -0.05) is 30.3 Å². The van der Waals surface area contributed by atoms with E-state index in [9.17, 15) is 9.59 Å². The van der Waals surface area contributed by atoms with Gasteiger partial charge in [0.25, 0.3) is 0 Å². The fraction of sp³-hybridized carbons (Fsp3) is 0.158. The second-order valence-corrected chi connectivity index (χ2v) is 5.41. The van der Waals surface area contributed by atoms with E-state index in [1.165, 1.54) is 20.3 Å². The van der Waals surface area contributed by atoms with Gasteiger partial charge < -0.3 is 14.0 Å². The maximum absolute atomic E-state index is 12.3. The maximum atomic E-state index is 12.3. The Bertz CT molecular complexity index is 928. The van der Waals surface area contributed by atoms with Gasteiger partial charge in [-0.2, -0.15) is 0 Å². The Hall–Kier alpha value is -3.08. The number of ether oxygens (including phenoxy) is 2. The molecule has 3 rings (SSSR count). The van der Waals surface area contributed by atoms with Crippen molar-refractivity contribution in [3.05, 3.63) is 64.6 Å². The fourth-order valence-corrected chi connectivity index (χ4v) is 2.88. The molecule has 24 heavy (non-hydrogen) atoms. The monoisotopic (exact) mass is 323 g/mol. The van der Waals surface area contributed by atoms with Gasteiger partial charge in [-0.3, -0.25) is 4.79 Å². The molecule has 1 aromatic rings. The quantitative estimate of drug-likeness (QED) is 0.695. The van der Waals surface area contributed by atoms with E-state index in [1.807, 2.05) is 30.3 Å². The highest BCUT2D eigenvalue weighted by atomic mass is 16.5. The molecule has 0 unspecified atom stereocenters. The van der Waals surface area contributed by atoms with Gasteiger partial charge in [0.1, 0.15) is 5.69 Å². The summed E-state index contributed by atoms with van der Waals surface area (Å²) in [6.07, 6.45) is 1.79. The fourth-order valence-electron chi connectivity index (χ4n) is 2.88. The predicted molar refractivity (Wildman–Crippen MR) is 91.6 cm³/mol. The molecule has 0 saturated carbocycles. The summed E-state index contributed by atoms with van der Waals surface area (Å²) in [5, 5.41) is 0. The van der Waals surface area contributed by atoms with Crippen LogP contribution < -0.4 is 10.2 Å². The normalized spacial score (nSPS) is 10.6. The van der Waals surface area contributed by atoms with Crippen LogP contribution in [0, 0.1) is 0 Å². The molecule has 1 aromatic carbocycles. The number of nitrogens with zero attached hydrogens (tertiary/aromatic N) is 1. The largest absolute Gasteiger partial charge is 0.493 e. The third kappa shape index (κ3) is 2.54. The van der Waals surface area contributed by atoms with E-state index in [2.05, 4.69) is 0 Å². The number of esters is 1. The van der Waals surface area contributed by atoms with Crippen molar-refractivity contribution in [2.24, 2.45) is 7.05 Å². The van der Waals surface area contributed by atoms with Gasteiger partial charge in [-0.05, 0) is 23.3 Å². The summed E-state index contributed by atoms with van der Waals surface area (Å²) in [6.45, 7) is 0. The first-order chi connectivity index (χ1) is 11.6. The van der Waals surface area contributed by atoms with Crippen molar-refractivity contribution < 1.29 is 14.3 Å². The summed E-state index contributed by atoms with van der Waals surface area (Å²) in [4.78, 5) is 24.6. The van der Waals surface area contributed by atoms with Crippen molar-refractivity contribution >= 4 is 5.97 Å². The van der Waals surface area contributed by atoms with E-state index < -0.39 is 5.97 Å². The van der Waals surface area contributed by atoms with Gasteiger partial charge in [0.05, 0.1) is 14.2 Å². The summed E-state index contributed by atoms with van der Waals surface area (Å²) in [7, 11) is 4.58. The SMILES string of the molecule is COC(=O)c1c(-c2ccccc2)c2cc(=O)c(OC)cc-2cn1C. The van der Waals surface area contributed by atoms with E-state index in [4.69, 9.17) is 9.47 Å². The van der Waals surface area contributed by atoms with Gasteiger partial charge in [0, 0.05) is 24.4 Å². The number of aromatic nitrogens is 1. The first kappa shape index (κ1) is 15.8. The third-order valence-electron chi connectivity index (χ3n) is 3.97. The van der Waals surface area contributed by atoms with Crippen LogP contribution in [0.15, 0.2) is 53.5 Å². The molecule has 0 saturated heterocycles. The molecule has 0 aromatic heterocycles. The van der Waals surface area contributed by atoms with E-state index in [-0.39, 0.29) is 11.2 Å². The standard InChI is InChI=1S/C19H17NO4/c1-20-11-13-9-16(23-2)15(21)10-14(13)17(18(20)19(22)24-3)12-7-5-4-6-8-12/h4-11H,1-3H3. The lowest BCUT2D eigenvalue weighted by Crippen LogP contribution is -2.16. The Kier molecular flexibility index (Phi) is 4.08. The van der Waals surface area contributed by atoms with Crippen LogP contribution in [0.3, 0.4) is 0 Å². The van der Waals surface area contributed by atoms with Gasteiger partial charge in [0.2, 0.25) is 5.43 Å².